The van der Waals surface area contributed by atoms with Gasteiger partial charge >= 0.3 is 6.30 Å². The maximum atomic E-state index is 13.6. The Bertz CT molecular complexity index is 1080. The summed E-state index contributed by atoms with van der Waals surface area (Å²) in [5.41, 5.74) is 1.29. The summed E-state index contributed by atoms with van der Waals surface area (Å²) in [5, 5.41) is 5.93. The van der Waals surface area contributed by atoms with Crippen molar-refractivity contribution in [3.63, 3.8) is 0 Å². The van der Waals surface area contributed by atoms with Crippen LogP contribution in [0.2, 0.25) is 5.02 Å². The first-order valence-electron chi connectivity index (χ1n) is 7.85. The molecular weight excluding hydrogens is 361 g/mol. The standard InChI is InChI=1S/C20H12ClF3N2/c21-15-10-8-14(9-11-15)18-12-19(26(25-18)20(22,23)24)17-7-3-5-13-4-1-2-6-16(13)17/h1-12H. The minimum atomic E-state index is -4.63. The second-order valence-corrected chi connectivity index (χ2v) is 6.26. The van der Waals surface area contributed by atoms with Crippen LogP contribution in [0.3, 0.4) is 0 Å². The summed E-state index contributed by atoms with van der Waals surface area (Å²) in [6.07, 6.45) is -4.63. The van der Waals surface area contributed by atoms with Crippen molar-refractivity contribution in [1.82, 2.24) is 9.78 Å². The first-order valence-corrected chi connectivity index (χ1v) is 8.22. The smallest absolute Gasteiger partial charge is 0.170 e. The number of hydrogen-bond donors (Lipinski definition) is 0. The van der Waals surface area contributed by atoms with Crippen LogP contribution in [0.25, 0.3) is 33.3 Å². The van der Waals surface area contributed by atoms with E-state index in [0.29, 0.717) is 16.1 Å². The van der Waals surface area contributed by atoms with E-state index in [1.54, 1.807) is 48.5 Å². The molecule has 0 aliphatic rings. The maximum Gasteiger partial charge on any atom is 0.505 e. The number of halogens is 4. The third-order valence-corrected chi connectivity index (χ3v) is 4.41. The van der Waals surface area contributed by atoms with E-state index < -0.39 is 6.30 Å². The Kier molecular flexibility index (Phi) is 3.96. The molecule has 6 heteroatoms. The molecule has 0 amide bonds. The van der Waals surface area contributed by atoms with E-state index >= 15 is 0 Å². The van der Waals surface area contributed by atoms with Crippen LogP contribution in [-0.2, 0) is 6.30 Å². The average molecular weight is 373 g/mol. The van der Waals surface area contributed by atoms with Crippen LogP contribution in [-0.4, -0.2) is 9.78 Å². The number of nitrogens with zero attached hydrogens (tertiary/aromatic N) is 2. The molecular formula is C20H12ClF3N2. The molecule has 0 radical (unpaired) electrons. The molecule has 0 saturated heterocycles. The van der Waals surface area contributed by atoms with Gasteiger partial charge in [0.1, 0.15) is 0 Å². The molecule has 4 aromatic rings. The third kappa shape index (κ3) is 2.95. The van der Waals surface area contributed by atoms with Crippen molar-refractivity contribution in [1.29, 1.82) is 0 Å². The second-order valence-electron chi connectivity index (χ2n) is 5.83. The van der Waals surface area contributed by atoms with Gasteiger partial charge in [0.05, 0.1) is 11.4 Å². The number of hydrogen-bond acceptors (Lipinski definition) is 1. The summed E-state index contributed by atoms with van der Waals surface area (Å²) in [6, 6.07) is 20.6. The SMILES string of the molecule is FC(F)(F)n1nc(-c2ccc(Cl)cc2)cc1-c1cccc2ccccc12. The van der Waals surface area contributed by atoms with E-state index in [4.69, 9.17) is 11.6 Å². The molecule has 3 aromatic carbocycles. The van der Waals surface area contributed by atoms with Gasteiger partial charge in [-0.05, 0) is 29.0 Å². The van der Waals surface area contributed by atoms with Crippen LogP contribution in [0, 0.1) is 0 Å². The van der Waals surface area contributed by atoms with Crippen molar-refractivity contribution in [3.05, 3.63) is 77.8 Å². The highest BCUT2D eigenvalue weighted by atomic mass is 35.5. The Hall–Kier alpha value is -2.79. The van der Waals surface area contributed by atoms with Gasteiger partial charge in [0, 0.05) is 16.1 Å². The summed E-state index contributed by atoms with van der Waals surface area (Å²) in [4.78, 5) is 0. The molecule has 0 aliphatic heterocycles. The van der Waals surface area contributed by atoms with E-state index in [2.05, 4.69) is 5.10 Å². The predicted molar refractivity (Wildman–Crippen MR) is 96.9 cm³/mol. The molecule has 26 heavy (non-hydrogen) atoms. The molecule has 0 N–H and O–H groups in total. The van der Waals surface area contributed by atoms with Crippen LogP contribution >= 0.6 is 11.6 Å². The maximum absolute atomic E-state index is 13.6. The van der Waals surface area contributed by atoms with Gasteiger partial charge in [-0.1, -0.05) is 66.2 Å². The fraction of sp³-hybridized carbons (Fsp3) is 0.0500. The number of benzene rings is 3. The normalized spacial score (nSPS) is 11.8. The second kappa shape index (κ2) is 6.18. The molecule has 0 unspecified atom stereocenters. The van der Waals surface area contributed by atoms with Gasteiger partial charge in [-0.25, -0.2) is 0 Å². The van der Waals surface area contributed by atoms with Crippen LogP contribution in [0.4, 0.5) is 13.2 Å². The number of aromatic nitrogens is 2. The van der Waals surface area contributed by atoms with Crippen molar-refractivity contribution < 1.29 is 13.2 Å². The zero-order valence-corrected chi connectivity index (χ0v) is 14.1. The largest absolute Gasteiger partial charge is 0.505 e. The molecule has 0 atom stereocenters. The summed E-state index contributed by atoms with van der Waals surface area (Å²) in [6.45, 7) is 0. The summed E-state index contributed by atoms with van der Waals surface area (Å²) in [5.74, 6) is 0. The van der Waals surface area contributed by atoms with E-state index in [0.717, 1.165) is 10.8 Å². The average Bonchev–Trinajstić information content (AvgIpc) is 3.07. The lowest BCUT2D eigenvalue weighted by atomic mass is 10.0. The topological polar surface area (TPSA) is 17.8 Å². The highest BCUT2D eigenvalue weighted by Crippen LogP contribution is 2.36. The van der Waals surface area contributed by atoms with Gasteiger partial charge in [-0.3, -0.25) is 0 Å². The van der Waals surface area contributed by atoms with Crippen LogP contribution < -0.4 is 0 Å². The Labute approximate surface area is 152 Å². The monoisotopic (exact) mass is 372 g/mol. The van der Waals surface area contributed by atoms with Crippen molar-refractivity contribution in [2.45, 2.75) is 6.30 Å². The van der Waals surface area contributed by atoms with Gasteiger partial charge < -0.3 is 0 Å². The summed E-state index contributed by atoms with van der Waals surface area (Å²) < 4.78 is 40.9. The summed E-state index contributed by atoms with van der Waals surface area (Å²) in [7, 11) is 0. The van der Waals surface area contributed by atoms with Crippen LogP contribution in [0.15, 0.2) is 72.8 Å². The highest BCUT2D eigenvalue weighted by molar-refractivity contribution is 6.30. The van der Waals surface area contributed by atoms with Gasteiger partial charge in [0.2, 0.25) is 0 Å². The Balaban J connectivity index is 1.96. The van der Waals surface area contributed by atoms with E-state index in [9.17, 15) is 13.2 Å². The molecule has 0 spiro atoms. The summed E-state index contributed by atoms with van der Waals surface area (Å²) >= 11 is 5.86. The molecule has 0 saturated carbocycles. The molecule has 1 aromatic heterocycles. The molecule has 130 valence electrons. The fourth-order valence-corrected chi connectivity index (χ4v) is 3.10. The quantitative estimate of drug-likeness (QED) is 0.392. The Morgan fingerprint density at radius 2 is 1.54 bits per heavy atom. The molecule has 1 heterocycles. The lowest BCUT2D eigenvalue weighted by Gasteiger charge is -2.12. The Morgan fingerprint density at radius 3 is 2.27 bits per heavy atom. The number of fused-ring (bicyclic) bond motifs is 1. The first kappa shape index (κ1) is 16.7. The van der Waals surface area contributed by atoms with E-state index in [-0.39, 0.29) is 16.1 Å². The zero-order chi connectivity index (χ0) is 18.3. The van der Waals surface area contributed by atoms with E-state index in [1.807, 2.05) is 18.2 Å². The van der Waals surface area contributed by atoms with Gasteiger partial charge in [0.15, 0.2) is 0 Å². The zero-order valence-electron chi connectivity index (χ0n) is 13.3. The highest BCUT2D eigenvalue weighted by Gasteiger charge is 2.35. The van der Waals surface area contributed by atoms with Gasteiger partial charge in [-0.2, -0.15) is 9.78 Å². The van der Waals surface area contributed by atoms with Crippen molar-refractivity contribution in [2.75, 3.05) is 0 Å². The van der Waals surface area contributed by atoms with Gasteiger partial charge in [-0.15, -0.1) is 13.2 Å². The van der Waals surface area contributed by atoms with Crippen LogP contribution in [0.1, 0.15) is 0 Å². The van der Waals surface area contributed by atoms with Crippen molar-refractivity contribution >= 4 is 22.4 Å². The number of rotatable bonds is 2. The lowest BCUT2D eigenvalue weighted by Crippen LogP contribution is -2.19. The van der Waals surface area contributed by atoms with Crippen LogP contribution in [0.5, 0.6) is 0 Å². The fourth-order valence-electron chi connectivity index (χ4n) is 2.98. The van der Waals surface area contributed by atoms with E-state index in [1.165, 1.54) is 6.07 Å². The molecule has 0 fully saturated rings. The predicted octanol–water partition coefficient (Wildman–Crippen LogP) is 6.50. The minimum Gasteiger partial charge on any atom is -0.170 e. The van der Waals surface area contributed by atoms with Gasteiger partial charge in [0.25, 0.3) is 0 Å². The Morgan fingerprint density at radius 1 is 0.846 bits per heavy atom. The molecule has 2 nitrogen and oxygen atoms in total. The molecule has 0 bridgehead atoms. The molecule has 4 rings (SSSR count). The first-order chi connectivity index (χ1) is 12.4. The number of alkyl halides is 3. The van der Waals surface area contributed by atoms with Crippen molar-refractivity contribution in [3.8, 4) is 22.5 Å². The van der Waals surface area contributed by atoms with Crippen molar-refractivity contribution in [2.24, 2.45) is 0 Å². The lowest BCUT2D eigenvalue weighted by molar-refractivity contribution is -0.210. The third-order valence-electron chi connectivity index (χ3n) is 4.16. The minimum absolute atomic E-state index is 0.000694. The molecule has 0 aliphatic carbocycles.